The Morgan fingerprint density at radius 3 is 2.50 bits per heavy atom. The Morgan fingerprint density at radius 2 is 1.85 bits per heavy atom. The Balaban J connectivity index is 2.07. The van der Waals surface area contributed by atoms with Crippen LogP contribution in [0, 0.1) is 0 Å². The molecule has 0 radical (unpaired) electrons. The average molecular weight is 384 g/mol. The molecule has 9 nitrogen and oxygen atoms in total. The van der Waals surface area contributed by atoms with Crippen molar-refractivity contribution in [1.82, 2.24) is 0 Å². The molecule has 3 rings (SSSR count). The van der Waals surface area contributed by atoms with E-state index in [9.17, 15) is 23.7 Å². The molecule has 0 saturated carbocycles. The van der Waals surface area contributed by atoms with Crippen LogP contribution in [0.4, 0.5) is 0 Å². The molecule has 0 bridgehead atoms. The van der Waals surface area contributed by atoms with Crippen molar-refractivity contribution in [2.24, 2.45) is 0 Å². The van der Waals surface area contributed by atoms with Crippen molar-refractivity contribution < 1.29 is 41.9 Å². The monoisotopic (exact) mass is 384 g/mol. The van der Waals surface area contributed by atoms with E-state index in [0.29, 0.717) is 5.56 Å². The van der Waals surface area contributed by atoms with Crippen LogP contribution in [-0.2, 0) is 21.0 Å². The maximum atomic E-state index is 11.2. The van der Waals surface area contributed by atoms with E-state index in [1.165, 1.54) is 31.4 Å². The summed E-state index contributed by atoms with van der Waals surface area (Å²) in [4.78, 5) is 0. The Hall–Kier alpha value is -2.69. The number of phenolic OH excluding ortho intramolecular Hbond substituents is 3. The van der Waals surface area contributed by atoms with Gasteiger partial charge in [0.15, 0.2) is 17.6 Å². The van der Waals surface area contributed by atoms with Crippen molar-refractivity contribution in [2.45, 2.75) is 18.6 Å². The van der Waals surface area contributed by atoms with E-state index in [1.807, 2.05) is 0 Å². The van der Waals surface area contributed by atoms with Gasteiger partial charge in [0.05, 0.1) is 7.11 Å². The van der Waals surface area contributed by atoms with Gasteiger partial charge < -0.3 is 24.8 Å². The summed E-state index contributed by atoms with van der Waals surface area (Å²) in [7, 11) is -3.46. The number of rotatable bonds is 4. The number of phenols is 3. The van der Waals surface area contributed by atoms with Crippen molar-refractivity contribution in [3.05, 3.63) is 41.5 Å². The summed E-state index contributed by atoms with van der Waals surface area (Å²) < 4.78 is 47.0. The van der Waals surface area contributed by atoms with E-state index >= 15 is 0 Å². The van der Waals surface area contributed by atoms with Gasteiger partial charge in [0.2, 0.25) is 0 Å². The van der Waals surface area contributed by atoms with Gasteiger partial charge in [-0.2, -0.15) is 8.42 Å². The van der Waals surface area contributed by atoms with Gasteiger partial charge in [-0.05, 0) is 17.7 Å². The number of methoxy groups -OCH3 is 1. The van der Waals surface area contributed by atoms with Crippen molar-refractivity contribution in [1.29, 1.82) is 0 Å². The number of benzene rings is 2. The molecule has 26 heavy (non-hydrogen) atoms. The predicted molar refractivity (Wildman–Crippen MR) is 87.9 cm³/mol. The fourth-order valence-electron chi connectivity index (χ4n) is 2.84. The van der Waals surface area contributed by atoms with Crippen molar-refractivity contribution in [3.63, 3.8) is 0 Å². The summed E-state index contributed by atoms with van der Waals surface area (Å²) >= 11 is 0. The van der Waals surface area contributed by atoms with Gasteiger partial charge >= 0.3 is 10.4 Å². The molecule has 2 aromatic carbocycles. The molecule has 0 aliphatic carbocycles. The van der Waals surface area contributed by atoms with Crippen molar-refractivity contribution in [3.8, 4) is 28.7 Å². The SMILES string of the molecule is COc1cc(C2Oc3cc(O)cc(O)c3CC2OS(=O)(=O)O)ccc1O. The van der Waals surface area contributed by atoms with Crippen LogP contribution >= 0.6 is 0 Å². The molecule has 0 fully saturated rings. The molecule has 2 unspecified atom stereocenters. The molecule has 1 aliphatic rings. The quantitative estimate of drug-likeness (QED) is 0.579. The highest BCUT2D eigenvalue weighted by molar-refractivity contribution is 7.80. The Bertz CT molecular complexity index is 939. The van der Waals surface area contributed by atoms with Crippen LogP contribution < -0.4 is 9.47 Å². The zero-order valence-electron chi connectivity index (χ0n) is 13.5. The van der Waals surface area contributed by atoms with Crippen LogP contribution in [0.5, 0.6) is 28.7 Å². The lowest BCUT2D eigenvalue weighted by Crippen LogP contribution is -2.34. The summed E-state index contributed by atoms with van der Waals surface area (Å²) in [6.07, 6.45) is -2.35. The molecule has 0 spiro atoms. The second-order valence-electron chi connectivity index (χ2n) is 5.68. The normalized spacial score (nSPS) is 19.5. The van der Waals surface area contributed by atoms with Crippen molar-refractivity contribution in [2.75, 3.05) is 7.11 Å². The van der Waals surface area contributed by atoms with Gasteiger partial charge in [0, 0.05) is 24.1 Å². The van der Waals surface area contributed by atoms with Crippen LogP contribution in [0.15, 0.2) is 30.3 Å². The number of fused-ring (bicyclic) bond motifs is 1. The molecule has 2 aromatic rings. The third-order valence-electron chi connectivity index (χ3n) is 3.94. The van der Waals surface area contributed by atoms with E-state index in [0.717, 1.165) is 6.07 Å². The fraction of sp³-hybridized carbons (Fsp3) is 0.250. The second-order valence-corrected chi connectivity index (χ2v) is 6.73. The lowest BCUT2D eigenvalue weighted by Gasteiger charge is -2.33. The zero-order chi connectivity index (χ0) is 19.1. The van der Waals surface area contributed by atoms with E-state index in [-0.39, 0.29) is 40.7 Å². The van der Waals surface area contributed by atoms with Gasteiger partial charge in [-0.25, -0.2) is 4.18 Å². The molecule has 0 saturated heterocycles. The smallest absolute Gasteiger partial charge is 0.397 e. The summed E-state index contributed by atoms with van der Waals surface area (Å²) in [5.74, 6) is -0.408. The first kappa shape index (κ1) is 18.1. The topological polar surface area (TPSA) is 143 Å². The molecule has 2 atom stereocenters. The van der Waals surface area contributed by atoms with E-state index < -0.39 is 22.6 Å². The highest BCUT2D eigenvalue weighted by Crippen LogP contribution is 2.44. The lowest BCUT2D eigenvalue weighted by atomic mass is 9.94. The Labute approximate surface area is 149 Å². The lowest BCUT2D eigenvalue weighted by molar-refractivity contribution is 0.0333. The molecule has 10 heteroatoms. The van der Waals surface area contributed by atoms with Crippen molar-refractivity contribution >= 4 is 10.4 Å². The highest BCUT2D eigenvalue weighted by Gasteiger charge is 2.37. The van der Waals surface area contributed by atoms with Gasteiger partial charge in [-0.15, -0.1) is 0 Å². The number of hydrogen-bond donors (Lipinski definition) is 4. The van der Waals surface area contributed by atoms with Crippen LogP contribution in [0.3, 0.4) is 0 Å². The van der Waals surface area contributed by atoms with E-state index in [2.05, 4.69) is 0 Å². The molecule has 0 amide bonds. The van der Waals surface area contributed by atoms with Gasteiger partial charge in [-0.1, -0.05) is 6.07 Å². The molecule has 4 N–H and O–H groups in total. The van der Waals surface area contributed by atoms with Crippen LogP contribution in [0.1, 0.15) is 17.2 Å². The molecular formula is C16H16O9S. The molecule has 1 aliphatic heterocycles. The summed E-state index contributed by atoms with van der Waals surface area (Å²) in [5, 5.41) is 29.3. The van der Waals surface area contributed by atoms with E-state index in [1.54, 1.807) is 0 Å². The highest BCUT2D eigenvalue weighted by atomic mass is 32.3. The number of aromatic hydroxyl groups is 3. The first-order chi connectivity index (χ1) is 12.2. The van der Waals surface area contributed by atoms with Gasteiger partial charge in [0.25, 0.3) is 0 Å². The minimum Gasteiger partial charge on any atom is -0.508 e. The first-order valence-corrected chi connectivity index (χ1v) is 8.78. The Morgan fingerprint density at radius 1 is 1.12 bits per heavy atom. The van der Waals surface area contributed by atoms with Crippen LogP contribution in [0.2, 0.25) is 0 Å². The maximum Gasteiger partial charge on any atom is 0.397 e. The summed E-state index contributed by atoms with van der Waals surface area (Å²) in [5.41, 5.74) is 0.611. The van der Waals surface area contributed by atoms with Gasteiger partial charge in [-0.3, -0.25) is 4.55 Å². The zero-order valence-corrected chi connectivity index (χ0v) is 14.3. The second kappa shape index (κ2) is 6.56. The molecular weight excluding hydrogens is 368 g/mol. The Kier molecular flexibility index (Phi) is 4.57. The third-order valence-corrected chi connectivity index (χ3v) is 4.44. The predicted octanol–water partition coefficient (Wildman–Crippen LogP) is 1.68. The minimum atomic E-state index is -4.80. The van der Waals surface area contributed by atoms with Crippen LogP contribution in [0.25, 0.3) is 0 Å². The summed E-state index contributed by atoms with van der Waals surface area (Å²) in [6.45, 7) is 0. The number of hydrogen-bond acceptors (Lipinski definition) is 8. The standard InChI is InChI=1S/C16H16O9S/c1-23-14-4-8(2-3-11(14)18)16-15(25-26(20,21)22)7-10-12(19)5-9(17)6-13(10)24-16/h2-6,15-19H,7H2,1H3,(H,20,21,22). The molecule has 1 heterocycles. The largest absolute Gasteiger partial charge is 0.508 e. The molecule has 140 valence electrons. The first-order valence-electron chi connectivity index (χ1n) is 7.42. The maximum absolute atomic E-state index is 11.2. The minimum absolute atomic E-state index is 0.116. The summed E-state index contributed by atoms with van der Waals surface area (Å²) in [6, 6.07) is 6.57. The fourth-order valence-corrected chi connectivity index (χ4v) is 3.32. The number of ether oxygens (including phenoxy) is 2. The third kappa shape index (κ3) is 3.62. The van der Waals surface area contributed by atoms with E-state index in [4.69, 9.17) is 18.2 Å². The van der Waals surface area contributed by atoms with Crippen LogP contribution in [-0.4, -0.2) is 41.5 Å². The van der Waals surface area contributed by atoms with Gasteiger partial charge in [0.1, 0.15) is 23.4 Å². The average Bonchev–Trinajstić information content (AvgIpc) is 2.54. The molecule has 0 aromatic heterocycles.